The minimum absolute atomic E-state index is 0.0874. The van der Waals surface area contributed by atoms with Crippen molar-refractivity contribution in [2.24, 2.45) is 11.8 Å². The van der Waals surface area contributed by atoms with E-state index < -0.39 is 92.0 Å². The van der Waals surface area contributed by atoms with Gasteiger partial charge >= 0.3 is 12.1 Å². The number of carboxylic acids is 1. The fraction of sp³-hybridized carbons (Fsp3) is 0.581. The monoisotopic (exact) mass is 665 g/mol. The lowest BCUT2D eigenvalue weighted by Crippen LogP contribution is -2.60. The molecule has 16 nitrogen and oxygen atoms in total. The van der Waals surface area contributed by atoms with Crippen LogP contribution in [0.3, 0.4) is 0 Å². The minimum atomic E-state index is -1.68. The number of alkyl carbamates (subject to hydrolysis) is 1. The Bertz CT molecular complexity index is 1200. The van der Waals surface area contributed by atoms with E-state index in [0.717, 1.165) is 0 Å². The number of aliphatic carboxylic acids is 1. The third kappa shape index (κ3) is 16.0. The van der Waals surface area contributed by atoms with Crippen LogP contribution in [0.15, 0.2) is 30.3 Å². The molecule has 0 aliphatic carbocycles. The van der Waals surface area contributed by atoms with E-state index >= 15 is 0 Å². The molecule has 0 aromatic heterocycles. The number of ether oxygens (including phenoxy) is 1. The van der Waals surface area contributed by atoms with Crippen molar-refractivity contribution >= 4 is 42.0 Å². The number of aliphatic hydroxyl groups excluding tert-OH is 2. The van der Waals surface area contributed by atoms with Gasteiger partial charge in [0, 0.05) is 6.42 Å². The third-order valence-corrected chi connectivity index (χ3v) is 6.66. The summed E-state index contributed by atoms with van der Waals surface area (Å²) >= 11 is 0. The number of carboxylic acid groups (broad SMARTS) is 1. The van der Waals surface area contributed by atoms with E-state index in [0.29, 0.717) is 18.3 Å². The van der Waals surface area contributed by atoms with Crippen LogP contribution in [0.4, 0.5) is 4.79 Å². The van der Waals surface area contributed by atoms with E-state index in [9.17, 15) is 48.9 Å². The normalized spacial score (nSPS) is 14.1. The largest absolute Gasteiger partial charge is 0.481 e. The Morgan fingerprint density at radius 1 is 0.702 bits per heavy atom. The molecule has 0 aliphatic heterocycles. The second-order valence-electron chi connectivity index (χ2n) is 11.8. The fourth-order valence-corrected chi connectivity index (χ4v) is 4.29. The first kappa shape index (κ1) is 40.5. The Morgan fingerprint density at radius 2 is 1.19 bits per heavy atom. The van der Waals surface area contributed by atoms with Crippen LogP contribution in [0, 0.1) is 11.8 Å². The number of rotatable bonds is 21. The molecule has 1 aromatic rings. The quantitative estimate of drug-likeness (QED) is 0.0767. The van der Waals surface area contributed by atoms with Gasteiger partial charge in [0.1, 0.15) is 37.1 Å². The predicted molar refractivity (Wildman–Crippen MR) is 167 cm³/mol. The van der Waals surface area contributed by atoms with Crippen molar-refractivity contribution in [3.05, 3.63) is 35.9 Å². The molecule has 0 saturated carbocycles. The lowest BCUT2D eigenvalue weighted by atomic mass is 10.00. The summed E-state index contributed by atoms with van der Waals surface area (Å²) in [6.07, 6.45) is -0.891. The second kappa shape index (κ2) is 21.3. The molecule has 16 heteroatoms. The summed E-state index contributed by atoms with van der Waals surface area (Å²) in [7, 11) is 0. The molecule has 0 unspecified atom stereocenters. The Labute approximate surface area is 273 Å². The number of carbonyl (C=O) groups excluding carboxylic acids is 6. The average molecular weight is 666 g/mol. The fourth-order valence-electron chi connectivity index (χ4n) is 4.29. The first-order chi connectivity index (χ1) is 22.2. The highest BCUT2D eigenvalue weighted by molar-refractivity contribution is 5.95. The predicted octanol–water partition coefficient (Wildman–Crippen LogP) is -0.639. The van der Waals surface area contributed by atoms with Crippen molar-refractivity contribution in [1.29, 1.82) is 0 Å². The summed E-state index contributed by atoms with van der Waals surface area (Å²) in [6.45, 7) is 5.36. The maximum absolute atomic E-state index is 13.3. The van der Waals surface area contributed by atoms with Gasteiger partial charge in [0.05, 0.1) is 19.3 Å². The number of aliphatic hydroxyl groups is 2. The van der Waals surface area contributed by atoms with Gasteiger partial charge in [-0.3, -0.25) is 24.0 Å². The van der Waals surface area contributed by atoms with E-state index in [-0.39, 0.29) is 24.9 Å². The van der Waals surface area contributed by atoms with Crippen molar-refractivity contribution in [3.8, 4) is 0 Å². The first-order valence-electron chi connectivity index (χ1n) is 15.3. The molecule has 1 aromatic carbocycles. The van der Waals surface area contributed by atoms with Crippen LogP contribution in [0.25, 0.3) is 0 Å². The van der Waals surface area contributed by atoms with Crippen molar-refractivity contribution < 1.29 is 53.6 Å². The lowest BCUT2D eigenvalue weighted by Gasteiger charge is -2.26. The zero-order chi connectivity index (χ0) is 35.5. The Hall–Kier alpha value is -4.57. The van der Waals surface area contributed by atoms with Crippen LogP contribution in [-0.4, -0.2) is 101 Å². The van der Waals surface area contributed by atoms with Crippen LogP contribution in [-0.2, 0) is 40.1 Å². The molecule has 8 N–H and O–H groups in total. The van der Waals surface area contributed by atoms with E-state index in [1.807, 2.05) is 13.8 Å². The molecule has 5 amide bonds. The van der Waals surface area contributed by atoms with Crippen molar-refractivity contribution in [1.82, 2.24) is 26.6 Å². The van der Waals surface area contributed by atoms with Gasteiger partial charge in [0.25, 0.3) is 0 Å². The summed E-state index contributed by atoms with van der Waals surface area (Å²) < 4.78 is 5.02. The summed E-state index contributed by atoms with van der Waals surface area (Å²) in [4.78, 5) is 87.0. The average Bonchev–Trinajstić information content (AvgIpc) is 3.02. The molecule has 0 aliphatic rings. The van der Waals surface area contributed by atoms with Crippen LogP contribution in [0.2, 0.25) is 0 Å². The van der Waals surface area contributed by atoms with Crippen molar-refractivity contribution in [2.75, 3.05) is 13.2 Å². The highest BCUT2D eigenvalue weighted by Gasteiger charge is 2.32. The topological polar surface area (TPSA) is 250 Å². The molecule has 0 radical (unpaired) electrons. The molecule has 0 saturated heterocycles. The maximum Gasteiger partial charge on any atom is 0.408 e. The van der Waals surface area contributed by atoms with Crippen LogP contribution in [0.5, 0.6) is 0 Å². The number of hydrogen-bond acceptors (Lipinski definition) is 10. The Balaban J connectivity index is 2.97. The van der Waals surface area contributed by atoms with Gasteiger partial charge in [-0.15, -0.1) is 0 Å². The highest BCUT2D eigenvalue weighted by Crippen LogP contribution is 2.09. The number of carbonyl (C=O) groups is 7. The molecule has 0 bridgehead atoms. The first-order valence-corrected chi connectivity index (χ1v) is 15.3. The number of hydrogen-bond donors (Lipinski definition) is 8. The van der Waals surface area contributed by atoms with Crippen LogP contribution < -0.4 is 26.6 Å². The van der Waals surface area contributed by atoms with Crippen molar-refractivity contribution in [2.45, 2.75) is 90.2 Å². The molecule has 0 spiro atoms. The Kier molecular flexibility index (Phi) is 18.3. The summed E-state index contributed by atoms with van der Waals surface area (Å²) in [6, 6.07) is 1.94. The molecular weight excluding hydrogens is 618 g/mol. The van der Waals surface area contributed by atoms with Crippen LogP contribution in [0.1, 0.15) is 58.9 Å². The van der Waals surface area contributed by atoms with Gasteiger partial charge in [-0.2, -0.15) is 0 Å². The molecule has 0 heterocycles. The molecule has 1 rings (SSSR count). The molecule has 262 valence electrons. The van der Waals surface area contributed by atoms with Gasteiger partial charge < -0.3 is 51.4 Å². The number of benzene rings is 1. The lowest BCUT2D eigenvalue weighted by molar-refractivity contribution is -0.138. The third-order valence-electron chi connectivity index (χ3n) is 6.66. The van der Waals surface area contributed by atoms with Gasteiger partial charge in [0.2, 0.25) is 23.6 Å². The molecule has 47 heavy (non-hydrogen) atoms. The summed E-state index contributed by atoms with van der Waals surface area (Å²) in [5.41, 5.74) is 0.665. The summed E-state index contributed by atoms with van der Waals surface area (Å²) in [5, 5.41) is 40.4. The maximum atomic E-state index is 13.3. The highest BCUT2D eigenvalue weighted by atomic mass is 16.5. The van der Waals surface area contributed by atoms with Gasteiger partial charge in [-0.25, -0.2) is 4.79 Å². The van der Waals surface area contributed by atoms with E-state index in [1.54, 1.807) is 44.2 Å². The zero-order valence-electron chi connectivity index (χ0n) is 27.1. The van der Waals surface area contributed by atoms with E-state index in [2.05, 4.69) is 26.6 Å². The van der Waals surface area contributed by atoms with Gasteiger partial charge in [0.15, 0.2) is 0 Å². The molecular formula is C31H47N5O11. The Morgan fingerprint density at radius 3 is 1.70 bits per heavy atom. The standard InChI is InChI=1S/C31H47N5O11/c1-18(2)12-21(14-37)32-28(43)23(13-19(3)4)34-27(42)22(10-11-26(40)41)33-29(44)24(15-38)35-30(45)25(16-39)36-31(46)47-17-20-8-6-5-7-9-20/h5-9,14,18-19,21-25,38-39H,10-13,15-17H2,1-4H3,(H,32,43)(H,33,44)(H,34,42)(H,35,45)(H,36,46)(H,40,41)/t21-,22-,23-,24-,25-/m0/s1. The SMILES string of the molecule is CC(C)C[C@@H](C=O)NC(=O)[C@H](CC(C)C)NC(=O)[C@H](CCC(=O)O)NC(=O)[C@H](CO)NC(=O)[C@H](CO)NC(=O)OCc1ccccc1. The molecule has 5 atom stereocenters. The minimum Gasteiger partial charge on any atom is -0.481 e. The number of amides is 5. The van der Waals surface area contributed by atoms with Crippen LogP contribution >= 0.6 is 0 Å². The zero-order valence-corrected chi connectivity index (χ0v) is 27.1. The van der Waals surface area contributed by atoms with Gasteiger partial charge in [-0.1, -0.05) is 58.0 Å². The van der Waals surface area contributed by atoms with Gasteiger partial charge in [-0.05, 0) is 36.7 Å². The second-order valence-corrected chi connectivity index (χ2v) is 11.8. The number of aldehydes is 1. The number of nitrogens with one attached hydrogen (secondary N) is 5. The van der Waals surface area contributed by atoms with E-state index in [4.69, 9.17) is 4.74 Å². The smallest absolute Gasteiger partial charge is 0.408 e. The summed E-state index contributed by atoms with van der Waals surface area (Å²) in [5.74, 6) is -4.97. The van der Waals surface area contributed by atoms with E-state index in [1.165, 1.54) is 0 Å². The van der Waals surface area contributed by atoms with Crippen molar-refractivity contribution in [3.63, 3.8) is 0 Å². The molecule has 0 fully saturated rings.